The average Bonchev–Trinajstić information content (AvgIpc) is 2.44. The summed E-state index contributed by atoms with van der Waals surface area (Å²) < 4.78 is 5.52. The van der Waals surface area contributed by atoms with E-state index in [1.165, 1.54) is 0 Å². The van der Waals surface area contributed by atoms with Crippen molar-refractivity contribution in [1.82, 2.24) is 14.9 Å². The van der Waals surface area contributed by atoms with Crippen LogP contribution in [0.25, 0.3) is 0 Å². The molecular weight excluding hydrogens is 294 g/mol. The minimum absolute atomic E-state index is 0.0127. The lowest BCUT2D eigenvalue weighted by Crippen LogP contribution is -2.59. The van der Waals surface area contributed by atoms with Crippen molar-refractivity contribution in [3.8, 4) is 0 Å². The van der Waals surface area contributed by atoms with Gasteiger partial charge in [0.05, 0.1) is 17.8 Å². The van der Waals surface area contributed by atoms with E-state index in [4.69, 9.17) is 10.5 Å². The van der Waals surface area contributed by atoms with Crippen LogP contribution in [0.5, 0.6) is 0 Å². The van der Waals surface area contributed by atoms with Crippen LogP contribution >= 0.6 is 0 Å². The van der Waals surface area contributed by atoms with Crippen LogP contribution in [0.4, 0.5) is 10.7 Å². The molecule has 1 fully saturated rings. The summed E-state index contributed by atoms with van der Waals surface area (Å²) in [7, 11) is 0. The Hall–Kier alpha value is -1.89. The van der Waals surface area contributed by atoms with Crippen LogP contribution in [0, 0.1) is 0 Å². The van der Waals surface area contributed by atoms with Crippen molar-refractivity contribution in [2.75, 3.05) is 18.0 Å². The smallest absolute Gasteiger partial charge is 0.410 e. The number of nitrogens with zero attached hydrogens (tertiary/aromatic N) is 4. The zero-order chi connectivity index (χ0) is 17.2. The van der Waals surface area contributed by atoms with Gasteiger partial charge in [-0.2, -0.15) is 0 Å². The van der Waals surface area contributed by atoms with E-state index in [-0.39, 0.29) is 18.2 Å². The first-order chi connectivity index (χ1) is 10.7. The maximum absolute atomic E-state index is 12.4. The Morgan fingerprint density at radius 1 is 1.35 bits per heavy atom. The molecule has 0 unspecified atom stereocenters. The number of hydrogen-bond donors (Lipinski definition) is 1. The molecule has 0 radical (unpaired) electrons. The number of anilines is 1. The highest BCUT2D eigenvalue weighted by Crippen LogP contribution is 2.22. The molecule has 1 aromatic heterocycles. The number of piperazine rings is 1. The van der Waals surface area contributed by atoms with Crippen molar-refractivity contribution in [2.24, 2.45) is 5.73 Å². The fourth-order valence-electron chi connectivity index (χ4n) is 2.81. The average molecular weight is 321 g/mol. The molecule has 2 heterocycles. The monoisotopic (exact) mass is 321 g/mol. The molecule has 2 atom stereocenters. The first-order valence-electron chi connectivity index (χ1n) is 7.99. The number of aromatic nitrogens is 2. The molecule has 0 spiro atoms. The van der Waals surface area contributed by atoms with E-state index in [0.717, 1.165) is 5.69 Å². The first kappa shape index (κ1) is 17.5. The van der Waals surface area contributed by atoms with E-state index < -0.39 is 5.60 Å². The number of carbonyl (C=O) groups excluding carboxylic acids is 1. The summed E-state index contributed by atoms with van der Waals surface area (Å²) in [5.41, 5.74) is 5.96. The highest BCUT2D eigenvalue weighted by molar-refractivity contribution is 5.69. The molecule has 0 aromatic carbocycles. The highest BCUT2D eigenvalue weighted by atomic mass is 16.6. The molecule has 0 saturated carbocycles. The third kappa shape index (κ3) is 4.31. The lowest BCUT2D eigenvalue weighted by molar-refractivity contribution is 0.00554. The molecule has 0 bridgehead atoms. The molecule has 1 aliphatic rings. The van der Waals surface area contributed by atoms with Gasteiger partial charge in [-0.15, -0.1) is 0 Å². The summed E-state index contributed by atoms with van der Waals surface area (Å²) in [6, 6.07) is 1.84. The van der Waals surface area contributed by atoms with Crippen molar-refractivity contribution in [3.05, 3.63) is 18.0 Å². The molecule has 23 heavy (non-hydrogen) atoms. The molecule has 7 heteroatoms. The number of nitrogens with two attached hydrogens (primary N) is 1. The number of ether oxygens (including phenoxy) is 1. The summed E-state index contributed by atoms with van der Waals surface area (Å²) >= 11 is 0. The molecule has 7 nitrogen and oxygen atoms in total. The van der Waals surface area contributed by atoms with E-state index in [0.29, 0.717) is 25.6 Å². The molecule has 2 N–H and O–H groups in total. The third-order valence-electron chi connectivity index (χ3n) is 3.72. The molecule has 2 rings (SSSR count). The summed E-state index contributed by atoms with van der Waals surface area (Å²) in [6.45, 7) is 11.4. The van der Waals surface area contributed by atoms with Crippen LogP contribution in [-0.2, 0) is 11.3 Å². The van der Waals surface area contributed by atoms with Crippen molar-refractivity contribution >= 4 is 12.0 Å². The summed E-state index contributed by atoms with van der Waals surface area (Å²) in [5, 5.41) is 0. The summed E-state index contributed by atoms with van der Waals surface area (Å²) in [6.07, 6.45) is 1.45. The van der Waals surface area contributed by atoms with Gasteiger partial charge < -0.3 is 15.4 Å². The van der Waals surface area contributed by atoms with Gasteiger partial charge in [-0.1, -0.05) is 0 Å². The minimum Gasteiger partial charge on any atom is -0.444 e. The van der Waals surface area contributed by atoms with E-state index >= 15 is 0 Å². The molecule has 0 aliphatic carbocycles. The predicted molar refractivity (Wildman–Crippen MR) is 89.1 cm³/mol. The van der Waals surface area contributed by atoms with Crippen molar-refractivity contribution in [1.29, 1.82) is 0 Å². The van der Waals surface area contributed by atoms with Gasteiger partial charge >= 0.3 is 6.09 Å². The van der Waals surface area contributed by atoms with Gasteiger partial charge in [-0.3, -0.25) is 4.90 Å². The molecule has 1 saturated heterocycles. The zero-order valence-electron chi connectivity index (χ0n) is 14.6. The minimum atomic E-state index is -0.494. The summed E-state index contributed by atoms with van der Waals surface area (Å²) in [5.74, 6) is 0.662. The lowest BCUT2D eigenvalue weighted by atomic mass is 10.1. The molecule has 128 valence electrons. The van der Waals surface area contributed by atoms with Crippen molar-refractivity contribution in [3.63, 3.8) is 0 Å². The van der Waals surface area contributed by atoms with E-state index in [1.807, 2.05) is 40.7 Å². The van der Waals surface area contributed by atoms with Crippen molar-refractivity contribution in [2.45, 2.75) is 58.8 Å². The Morgan fingerprint density at radius 2 is 1.96 bits per heavy atom. The van der Waals surface area contributed by atoms with E-state index in [9.17, 15) is 4.79 Å². The number of amides is 1. The maximum atomic E-state index is 12.4. The first-order valence-corrected chi connectivity index (χ1v) is 7.99. The number of rotatable bonds is 2. The van der Waals surface area contributed by atoms with Gasteiger partial charge in [0.2, 0.25) is 5.95 Å². The molecule has 1 aromatic rings. The Labute approximate surface area is 137 Å². The Morgan fingerprint density at radius 3 is 2.48 bits per heavy atom. The zero-order valence-corrected chi connectivity index (χ0v) is 14.6. The van der Waals surface area contributed by atoms with Gasteiger partial charge in [-0.25, -0.2) is 14.8 Å². The largest absolute Gasteiger partial charge is 0.444 e. The van der Waals surface area contributed by atoms with Crippen LogP contribution in [0.2, 0.25) is 0 Å². The van der Waals surface area contributed by atoms with E-state index in [2.05, 4.69) is 14.9 Å². The number of carbonyl (C=O) groups is 1. The number of hydrogen-bond acceptors (Lipinski definition) is 6. The second kappa shape index (κ2) is 6.70. The molecule has 1 amide bonds. The van der Waals surface area contributed by atoms with Crippen molar-refractivity contribution < 1.29 is 9.53 Å². The van der Waals surface area contributed by atoms with Gasteiger partial charge in [0.15, 0.2) is 0 Å². The lowest BCUT2D eigenvalue weighted by Gasteiger charge is -2.44. The standard InChI is InChI=1S/C16H27N5O2/c1-11-9-20(14-18-7-6-13(8-17)19-14)10-12(2)21(11)15(22)23-16(3,4)5/h6-7,11-12H,8-10,17H2,1-5H3/t11-,12+. The van der Waals surface area contributed by atoms with Gasteiger partial charge in [-0.05, 0) is 40.7 Å². The summed E-state index contributed by atoms with van der Waals surface area (Å²) in [4.78, 5) is 25.1. The van der Waals surface area contributed by atoms with E-state index in [1.54, 1.807) is 11.1 Å². The molecule has 1 aliphatic heterocycles. The quantitative estimate of drug-likeness (QED) is 0.893. The predicted octanol–water partition coefficient (Wildman–Crippen LogP) is 1.77. The van der Waals surface area contributed by atoms with Crippen LogP contribution in [-0.4, -0.2) is 51.7 Å². The van der Waals surface area contributed by atoms with Crippen LogP contribution in [0.1, 0.15) is 40.3 Å². The Balaban J connectivity index is 2.11. The Bertz CT molecular complexity index is 546. The normalized spacial score (nSPS) is 22.2. The van der Waals surface area contributed by atoms with Crippen LogP contribution < -0.4 is 10.6 Å². The van der Waals surface area contributed by atoms with Crippen LogP contribution in [0.15, 0.2) is 12.3 Å². The maximum Gasteiger partial charge on any atom is 0.410 e. The van der Waals surface area contributed by atoms with Gasteiger partial charge in [0.1, 0.15) is 5.60 Å². The fourth-order valence-corrected chi connectivity index (χ4v) is 2.81. The third-order valence-corrected chi connectivity index (χ3v) is 3.72. The van der Waals surface area contributed by atoms with Gasteiger partial charge in [0, 0.05) is 25.8 Å². The Kier molecular flexibility index (Phi) is 5.09. The van der Waals surface area contributed by atoms with Crippen LogP contribution in [0.3, 0.4) is 0 Å². The topological polar surface area (TPSA) is 84.6 Å². The second-order valence-electron chi connectivity index (χ2n) is 7.04. The second-order valence-corrected chi connectivity index (χ2v) is 7.04. The molecular formula is C16H27N5O2. The highest BCUT2D eigenvalue weighted by Gasteiger charge is 2.36. The van der Waals surface area contributed by atoms with Gasteiger partial charge in [0.25, 0.3) is 0 Å². The SMILES string of the molecule is C[C@@H]1CN(c2nccc(CN)n2)C[C@H](C)N1C(=O)OC(C)(C)C. The fraction of sp³-hybridized carbons (Fsp3) is 0.688.